The molecule has 2 nitrogen and oxygen atoms in total. The zero-order valence-corrected chi connectivity index (χ0v) is 10.3. The van der Waals surface area contributed by atoms with E-state index in [1.165, 1.54) is 11.3 Å². The summed E-state index contributed by atoms with van der Waals surface area (Å²) in [7, 11) is 1.94. The molecule has 1 aliphatic rings. The van der Waals surface area contributed by atoms with Crippen LogP contribution in [0.25, 0.3) is 0 Å². The molecular weight excluding hydrogens is 263 g/mol. The van der Waals surface area contributed by atoms with Crippen LogP contribution in [0.1, 0.15) is 17.7 Å². The summed E-state index contributed by atoms with van der Waals surface area (Å²) in [6, 6.07) is 3.63. The van der Waals surface area contributed by atoms with Crippen molar-refractivity contribution in [2.75, 3.05) is 0 Å². The van der Waals surface area contributed by atoms with Crippen LogP contribution in [0.4, 0.5) is 0 Å². The van der Waals surface area contributed by atoms with Crippen LogP contribution in [0.15, 0.2) is 12.1 Å². The van der Waals surface area contributed by atoms with Crippen molar-refractivity contribution in [3.8, 4) is 0 Å². The molecule has 1 heterocycles. The highest BCUT2D eigenvalue weighted by Gasteiger charge is 2.53. The highest BCUT2D eigenvalue weighted by Crippen LogP contribution is 2.48. The van der Waals surface area contributed by atoms with Gasteiger partial charge in [0.15, 0.2) is 0 Å². The Morgan fingerprint density at radius 3 is 2.43 bits per heavy atom. The average Bonchev–Trinajstić information content (AvgIpc) is 2.71. The molecule has 0 saturated heterocycles. The molecule has 1 fully saturated rings. The van der Waals surface area contributed by atoms with Crippen molar-refractivity contribution >= 4 is 42.7 Å². The maximum atomic E-state index is 11.3. The van der Waals surface area contributed by atoms with Crippen LogP contribution in [0.3, 0.4) is 0 Å². The number of hydrogen-bond donors (Lipinski definition) is 0. The summed E-state index contributed by atoms with van der Waals surface area (Å²) in [4.78, 5) is 0.983. The number of thiophene rings is 1. The first-order valence-electron chi connectivity index (χ1n) is 4.11. The minimum absolute atomic E-state index is 0.496. The fourth-order valence-electron chi connectivity index (χ4n) is 1.41. The lowest BCUT2D eigenvalue weighted by atomic mass is 10.2. The maximum Gasteiger partial charge on any atom is 0.238 e. The van der Waals surface area contributed by atoms with E-state index in [4.69, 9.17) is 22.3 Å². The molecule has 0 radical (unpaired) electrons. The second-order valence-electron chi connectivity index (χ2n) is 3.50. The molecular formula is C8H8Cl2O2S2. The third-order valence-corrected chi connectivity index (χ3v) is 6.25. The van der Waals surface area contributed by atoms with E-state index in [1.807, 2.05) is 6.07 Å². The van der Waals surface area contributed by atoms with Gasteiger partial charge in [0.25, 0.3) is 0 Å². The Morgan fingerprint density at radius 2 is 2.07 bits per heavy atom. The standard InChI is InChI=1S/C8H8Cl2O2S2/c9-7-2-1-6(13-7)5-8(3-4-8)14(10,11)12/h1-2H,3-5H2. The Morgan fingerprint density at radius 1 is 1.43 bits per heavy atom. The smallest absolute Gasteiger partial charge is 0.212 e. The molecule has 1 aliphatic carbocycles. The summed E-state index contributed by atoms with van der Waals surface area (Å²) >= 11 is 7.17. The monoisotopic (exact) mass is 270 g/mol. The topological polar surface area (TPSA) is 34.1 Å². The molecule has 0 unspecified atom stereocenters. The summed E-state index contributed by atoms with van der Waals surface area (Å²) in [5.74, 6) is 0. The predicted molar refractivity (Wildman–Crippen MR) is 59.8 cm³/mol. The van der Waals surface area contributed by atoms with Crippen LogP contribution < -0.4 is 0 Å². The Kier molecular flexibility index (Phi) is 2.59. The lowest BCUT2D eigenvalue weighted by Gasteiger charge is -2.08. The maximum absolute atomic E-state index is 11.3. The van der Waals surface area contributed by atoms with Crippen molar-refractivity contribution in [2.24, 2.45) is 0 Å². The first kappa shape index (κ1) is 10.7. The fraction of sp³-hybridized carbons (Fsp3) is 0.500. The van der Waals surface area contributed by atoms with Crippen LogP contribution in [-0.4, -0.2) is 13.2 Å². The molecule has 14 heavy (non-hydrogen) atoms. The predicted octanol–water partition coefficient (Wildman–Crippen LogP) is 3.05. The Bertz CT molecular complexity index is 446. The molecule has 0 spiro atoms. The molecule has 1 aromatic rings. The van der Waals surface area contributed by atoms with E-state index in [9.17, 15) is 8.42 Å². The molecule has 0 N–H and O–H groups in total. The molecule has 6 heteroatoms. The number of hydrogen-bond acceptors (Lipinski definition) is 3. The van der Waals surface area contributed by atoms with Crippen molar-refractivity contribution in [3.05, 3.63) is 21.3 Å². The highest BCUT2D eigenvalue weighted by atomic mass is 35.7. The molecule has 2 rings (SSSR count). The van der Waals surface area contributed by atoms with Crippen molar-refractivity contribution in [1.29, 1.82) is 0 Å². The third-order valence-electron chi connectivity index (χ3n) is 2.45. The molecule has 0 aliphatic heterocycles. The Balaban J connectivity index is 2.20. The molecule has 0 amide bonds. The van der Waals surface area contributed by atoms with E-state index in [2.05, 4.69) is 0 Å². The van der Waals surface area contributed by atoms with E-state index in [-0.39, 0.29) is 0 Å². The second-order valence-corrected chi connectivity index (χ2v) is 8.26. The van der Waals surface area contributed by atoms with Crippen molar-refractivity contribution in [1.82, 2.24) is 0 Å². The van der Waals surface area contributed by atoms with Gasteiger partial charge in [-0.3, -0.25) is 0 Å². The summed E-state index contributed by atoms with van der Waals surface area (Å²) < 4.78 is 22.5. The first-order valence-corrected chi connectivity index (χ1v) is 7.62. The SMILES string of the molecule is O=S(=O)(Cl)C1(Cc2ccc(Cl)s2)CC1. The van der Waals surface area contributed by atoms with Crippen molar-refractivity contribution in [3.63, 3.8) is 0 Å². The lowest BCUT2D eigenvalue weighted by molar-refractivity contribution is 0.590. The number of halogens is 2. The van der Waals surface area contributed by atoms with Crippen LogP contribution in [0.2, 0.25) is 4.34 Å². The van der Waals surface area contributed by atoms with Gasteiger partial charge in [0.05, 0.1) is 9.08 Å². The molecule has 0 bridgehead atoms. The van der Waals surface area contributed by atoms with Gasteiger partial charge in [0.2, 0.25) is 9.05 Å². The van der Waals surface area contributed by atoms with Gasteiger partial charge in [-0.05, 0) is 25.0 Å². The largest absolute Gasteiger partial charge is 0.238 e. The van der Waals surface area contributed by atoms with E-state index in [1.54, 1.807) is 6.07 Å². The normalized spacial score (nSPS) is 19.6. The molecule has 1 aromatic heterocycles. The van der Waals surface area contributed by atoms with Gasteiger partial charge in [-0.25, -0.2) is 8.42 Å². The van der Waals surface area contributed by atoms with E-state index < -0.39 is 13.8 Å². The van der Waals surface area contributed by atoms with Gasteiger partial charge in [0, 0.05) is 22.0 Å². The zero-order chi connectivity index (χ0) is 10.4. The van der Waals surface area contributed by atoms with Crippen molar-refractivity contribution < 1.29 is 8.42 Å². The summed E-state index contributed by atoms with van der Waals surface area (Å²) in [6.45, 7) is 0. The summed E-state index contributed by atoms with van der Waals surface area (Å²) in [5.41, 5.74) is 0. The van der Waals surface area contributed by atoms with Crippen molar-refractivity contribution in [2.45, 2.75) is 24.0 Å². The van der Waals surface area contributed by atoms with E-state index >= 15 is 0 Å². The minimum atomic E-state index is -3.44. The van der Waals surface area contributed by atoms with Gasteiger partial charge in [-0.2, -0.15) is 0 Å². The third kappa shape index (κ3) is 1.94. The van der Waals surface area contributed by atoms with Crippen LogP contribution >= 0.6 is 33.6 Å². The fourth-order valence-corrected chi connectivity index (χ4v) is 4.28. The molecule has 1 saturated carbocycles. The van der Waals surface area contributed by atoms with Gasteiger partial charge in [-0.1, -0.05) is 11.6 Å². The minimum Gasteiger partial charge on any atom is -0.212 e. The molecule has 78 valence electrons. The summed E-state index contributed by atoms with van der Waals surface area (Å²) in [5, 5.41) is 0. The Hall–Kier alpha value is 0.230. The van der Waals surface area contributed by atoms with Gasteiger partial charge in [-0.15, -0.1) is 11.3 Å². The van der Waals surface area contributed by atoms with Crippen LogP contribution in [0.5, 0.6) is 0 Å². The molecule has 0 atom stereocenters. The molecule has 0 aromatic carbocycles. The summed E-state index contributed by atoms with van der Waals surface area (Å²) in [6.07, 6.45) is 1.82. The quantitative estimate of drug-likeness (QED) is 0.792. The lowest BCUT2D eigenvalue weighted by Crippen LogP contribution is -2.20. The first-order chi connectivity index (χ1) is 6.43. The number of rotatable bonds is 3. The highest BCUT2D eigenvalue weighted by molar-refractivity contribution is 8.15. The van der Waals surface area contributed by atoms with Gasteiger partial charge in [0.1, 0.15) is 0 Å². The van der Waals surface area contributed by atoms with E-state index in [0.717, 1.165) is 4.88 Å². The average molecular weight is 271 g/mol. The van der Waals surface area contributed by atoms with Gasteiger partial charge >= 0.3 is 0 Å². The van der Waals surface area contributed by atoms with E-state index in [0.29, 0.717) is 23.6 Å². The van der Waals surface area contributed by atoms with Gasteiger partial charge < -0.3 is 0 Å². The second kappa shape index (κ2) is 3.37. The van der Waals surface area contributed by atoms with Crippen LogP contribution in [-0.2, 0) is 15.5 Å². The Labute approximate surface area is 96.3 Å². The zero-order valence-electron chi connectivity index (χ0n) is 7.16. The van der Waals surface area contributed by atoms with Crippen LogP contribution in [0, 0.1) is 0 Å².